The van der Waals surface area contributed by atoms with Gasteiger partial charge in [0.1, 0.15) is 12.6 Å². The molecule has 0 saturated heterocycles. The van der Waals surface area contributed by atoms with Gasteiger partial charge in [0, 0.05) is 5.02 Å². The second kappa shape index (κ2) is 8.08. The normalized spacial score (nSPS) is 12.2. The van der Waals surface area contributed by atoms with Crippen molar-refractivity contribution < 1.29 is 9.53 Å². The summed E-state index contributed by atoms with van der Waals surface area (Å²) in [5.74, 6) is -0.373. The highest BCUT2D eigenvalue weighted by Gasteiger charge is 2.14. The van der Waals surface area contributed by atoms with Crippen molar-refractivity contribution in [3.05, 3.63) is 34.9 Å². The quantitative estimate of drug-likeness (QED) is 0.585. The first-order chi connectivity index (χ1) is 8.63. The molecule has 4 N–H and O–H groups in total. The lowest BCUT2D eigenvalue weighted by Crippen LogP contribution is -2.32. The summed E-state index contributed by atoms with van der Waals surface area (Å²) < 4.78 is 5.12. The fourth-order valence-corrected chi connectivity index (χ4v) is 1.59. The van der Waals surface area contributed by atoms with Gasteiger partial charge in [0.15, 0.2) is 0 Å². The molecule has 0 aliphatic heterocycles. The van der Waals surface area contributed by atoms with Crippen LogP contribution >= 0.6 is 11.6 Å². The number of hydrogen-bond donors (Lipinski definition) is 2. The molecule has 18 heavy (non-hydrogen) atoms. The third kappa shape index (κ3) is 5.49. The summed E-state index contributed by atoms with van der Waals surface area (Å²) >= 11 is 5.76. The second-order valence-electron chi connectivity index (χ2n) is 4.13. The number of nitrogens with two attached hydrogens (primary N) is 2. The molecule has 0 saturated carbocycles. The van der Waals surface area contributed by atoms with E-state index in [-0.39, 0.29) is 12.6 Å². The monoisotopic (exact) mass is 270 g/mol. The molecule has 1 rings (SSSR count). The largest absolute Gasteiger partial charge is 0.460 e. The average molecular weight is 271 g/mol. The zero-order valence-electron chi connectivity index (χ0n) is 10.3. The number of benzene rings is 1. The molecule has 0 fully saturated rings. The van der Waals surface area contributed by atoms with Gasteiger partial charge in [-0.2, -0.15) is 0 Å². The highest BCUT2D eigenvalue weighted by molar-refractivity contribution is 6.30. The van der Waals surface area contributed by atoms with Crippen LogP contribution in [0.3, 0.4) is 0 Å². The maximum absolute atomic E-state index is 11.6. The van der Waals surface area contributed by atoms with Crippen molar-refractivity contribution in [3.8, 4) is 0 Å². The summed E-state index contributed by atoms with van der Waals surface area (Å²) in [6.07, 6.45) is 2.32. The van der Waals surface area contributed by atoms with Crippen LogP contribution in [0.25, 0.3) is 0 Å². The highest BCUT2D eigenvalue weighted by Crippen LogP contribution is 2.10. The van der Waals surface area contributed by atoms with Crippen molar-refractivity contribution >= 4 is 17.6 Å². The topological polar surface area (TPSA) is 78.3 Å². The van der Waals surface area contributed by atoms with Crippen molar-refractivity contribution in [1.29, 1.82) is 0 Å². The van der Waals surface area contributed by atoms with Crippen LogP contribution in [0.5, 0.6) is 0 Å². The molecule has 0 aromatic heterocycles. The molecule has 0 spiro atoms. The fourth-order valence-electron chi connectivity index (χ4n) is 1.47. The lowest BCUT2D eigenvalue weighted by molar-refractivity contribution is -0.146. The number of carbonyl (C=O) groups excluding carboxylic acids is 1. The molecule has 0 heterocycles. The molecule has 1 aromatic rings. The van der Waals surface area contributed by atoms with E-state index in [1.807, 2.05) is 12.1 Å². The van der Waals surface area contributed by atoms with Crippen LogP contribution in [0.2, 0.25) is 5.02 Å². The van der Waals surface area contributed by atoms with Crippen molar-refractivity contribution in [2.24, 2.45) is 11.5 Å². The SMILES string of the molecule is NCCCC[C@H](N)C(=O)OCc1ccc(Cl)cc1. The van der Waals surface area contributed by atoms with Gasteiger partial charge in [-0.15, -0.1) is 0 Å². The molecule has 5 heteroatoms. The average Bonchev–Trinajstić information content (AvgIpc) is 2.38. The minimum absolute atomic E-state index is 0.223. The Morgan fingerprint density at radius 3 is 2.56 bits per heavy atom. The lowest BCUT2D eigenvalue weighted by atomic mass is 10.1. The minimum atomic E-state index is -0.566. The van der Waals surface area contributed by atoms with Gasteiger partial charge in [0.05, 0.1) is 0 Å². The van der Waals surface area contributed by atoms with E-state index >= 15 is 0 Å². The zero-order valence-corrected chi connectivity index (χ0v) is 11.0. The molecule has 0 aliphatic carbocycles. The summed E-state index contributed by atoms with van der Waals surface area (Å²) in [6, 6.07) is 6.58. The smallest absolute Gasteiger partial charge is 0.323 e. The maximum atomic E-state index is 11.6. The van der Waals surface area contributed by atoms with Crippen molar-refractivity contribution in [3.63, 3.8) is 0 Å². The van der Waals surface area contributed by atoms with E-state index in [1.54, 1.807) is 12.1 Å². The summed E-state index contributed by atoms with van der Waals surface area (Å²) in [5, 5.41) is 0.656. The number of halogens is 1. The van der Waals surface area contributed by atoms with Gasteiger partial charge in [-0.3, -0.25) is 4.79 Å². The number of rotatable bonds is 7. The molecule has 4 nitrogen and oxygen atoms in total. The first-order valence-electron chi connectivity index (χ1n) is 6.00. The van der Waals surface area contributed by atoms with E-state index < -0.39 is 6.04 Å². The first kappa shape index (κ1) is 15.0. The summed E-state index contributed by atoms with van der Waals surface area (Å²) in [4.78, 5) is 11.6. The van der Waals surface area contributed by atoms with Crippen LogP contribution in [0, 0.1) is 0 Å². The standard InChI is InChI=1S/C13H19ClN2O2/c14-11-6-4-10(5-7-11)9-18-13(17)12(16)3-1-2-8-15/h4-7,12H,1-3,8-9,15-16H2/t12-/m0/s1. The summed E-state index contributed by atoms with van der Waals surface area (Å²) in [6.45, 7) is 0.840. The Labute approximate surface area is 112 Å². The Bertz CT molecular complexity index is 368. The fraction of sp³-hybridized carbons (Fsp3) is 0.462. The summed E-state index contributed by atoms with van der Waals surface area (Å²) in [7, 11) is 0. The third-order valence-electron chi connectivity index (χ3n) is 2.57. The zero-order chi connectivity index (χ0) is 13.4. The number of unbranched alkanes of at least 4 members (excludes halogenated alkanes) is 1. The van der Waals surface area contributed by atoms with Gasteiger partial charge in [-0.1, -0.05) is 30.2 Å². The highest BCUT2D eigenvalue weighted by atomic mass is 35.5. The number of hydrogen-bond acceptors (Lipinski definition) is 4. The van der Waals surface area contributed by atoms with Crippen LogP contribution in [-0.2, 0) is 16.1 Å². The van der Waals surface area contributed by atoms with Crippen molar-refractivity contribution in [1.82, 2.24) is 0 Å². The van der Waals surface area contributed by atoms with Gasteiger partial charge in [-0.05, 0) is 37.1 Å². The van der Waals surface area contributed by atoms with Gasteiger partial charge in [0.25, 0.3) is 0 Å². The second-order valence-corrected chi connectivity index (χ2v) is 4.56. The van der Waals surface area contributed by atoms with Gasteiger partial charge in [0.2, 0.25) is 0 Å². The van der Waals surface area contributed by atoms with Crippen molar-refractivity contribution in [2.45, 2.75) is 31.9 Å². The lowest BCUT2D eigenvalue weighted by Gasteiger charge is -2.11. The predicted octanol–water partition coefficient (Wildman–Crippen LogP) is 1.84. The van der Waals surface area contributed by atoms with Gasteiger partial charge >= 0.3 is 5.97 Å². The molecule has 0 unspecified atom stereocenters. The van der Waals surface area contributed by atoms with E-state index in [1.165, 1.54) is 0 Å². The van der Waals surface area contributed by atoms with E-state index in [0.717, 1.165) is 18.4 Å². The van der Waals surface area contributed by atoms with Crippen molar-refractivity contribution in [2.75, 3.05) is 6.54 Å². The van der Waals surface area contributed by atoms with E-state index in [2.05, 4.69) is 0 Å². The van der Waals surface area contributed by atoms with Crippen LogP contribution in [0.4, 0.5) is 0 Å². The Balaban J connectivity index is 2.29. The molecular weight excluding hydrogens is 252 g/mol. The molecule has 100 valence electrons. The van der Waals surface area contributed by atoms with E-state index in [9.17, 15) is 4.79 Å². The Morgan fingerprint density at radius 2 is 1.94 bits per heavy atom. The first-order valence-corrected chi connectivity index (χ1v) is 6.38. The molecule has 0 aliphatic rings. The molecule has 0 bridgehead atoms. The van der Waals surface area contributed by atoms with Gasteiger partial charge < -0.3 is 16.2 Å². The minimum Gasteiger partial charge on any atom is -0.460 e. The molecule has 0 amide bonds. The Morgan fingerprint density at radius 1 is 1.28 bits per heavy atom. The van der Waals surface area contributed by atoms with Crippen LogP contribution in [0.15, 0.2) is 24.3 Å². The molecule has 1 atom stereocenters. The number of ether oxygens (including phenoxy) is 1. The molecule has 0 radical (unpaired) electrons. The Kier molecular flexibility index (Phi) is 6.72. The summed E-state index contributed by atoms with van der Waals surface area (Å²) in [5.41, 5.74) is 12.0. The van der Waals surface area contributed by atoms with E-state index in [4.69, 9.17) is 27.8 Å². The van der Waals surface area contributed by atoms with Crippen LogP contribution in [0.1, 0.15) is 24.8 Å². The number of esters is 1. The number of carbonyl (C=O) groups is 1. The Hall–Kier alpha value is -1.10. The molecular formula is C13H19ClN2O2. The molecule has 1 aromatic carbocycles. The maximum Gasteiger partial charge on any atom is 0.323 e. The van der Waals surface area contributed by atoms with Crippen LogP contribution in [-0.4, -0.2) is 18.6 Å². The van der Waals surface area contributed by atoms with Gasteiger partial charge in [-0.25, -0.2) is 0 Å². The van der Waals surface area contributed by atoms with Crippen LogP contribution < -0.4 is 11.5 Å². The third-order valence-corrected chi connectivity index (χ3v) is 2.82. The predicted molar refractivity (Wildman–Crippen MR) is 72.1 cm³/mol. The van der Waals surface area contributed by atoms with E-state index in [0.29, 0.717) is 18.0 Å².